The average Bonchev–Trinajstić information content (AvgIpc) is 3.64. The van der Waals surface area contributed by atoms with Crippen LogP contribution in [0.4, 0.5) is 17.1 Å². The Labute approximate surface area is 314 Å². The molecule has 0 bridgehead atoms. The monoisotopic (exact) mass is 689 g/mol. The van der Waals surface area contributed by atoms with Gasteiger partial charge in [0.1, 0.15) is 11.2 Å². The van der Waals surface area contributed by atoms with Gasteiger partial charge in [-0.25, -0.2) is 0 Å². The van der Waals surface area contributed by atoms with Crippen LogP contribution in [0.2, 0.25) is 0 Å². The van der Waals surface area contributed by atoms with E-state index < -0.39 is 0 Å². The third kappa shape index (κ3) is 5.62. The summed E-state index contributed by atoms with van der Waals surface area (Å²) in [6, 6.07) is 75.6. The molecular formula is C52H35NO. The van der Waals surface area contributed by atoms with Gasteiger partial charge in [0, 0.05) is 39.0 Å². The summed E-state index contributed by atoms with van der Waals surface area (Å²) in [4.78, 5) is 2.34. The van der Waals surface area contributed by atoms with Crippen LogP contribution >= 0.6 is 0 Å². The predicted molar refractivity (Wildman–Crippen MR) is 228 cm³/mol. The van der Waals surface area contributed by atoms with Crippen molar-refractivity contribution in [3.63, 3.8) is 0 Å². The highest BCUT2D eigenvalue weighted by Crippen LogP contribution is 2.43. The van der Waals surface area contributed by atoms with Crippen LogP contribution in [0.15, 0.2) is 217 Å². The number of nitrogens with zero attached hydrogens (tertiary/aromatic N) is 1. The minimum Gasteiger partial charge on any atom is -0.455 e. The van der Waals surface area contributed by atoms with Crippen molar-refractivity contribution >= 4 is 49.8 Å². The fourth-order valence-electron chi connectivity index (χ4n) is 7.85. The number of hydrogen-bond donors (Lipinski definition) is 0. The summed E-state index contributed by atoms with van der Waals surface area (Å²) in [5.74, 6) is 0. The first-order chi connectivity index (χ1) is 26.8. The second-order valence-corrected chi connectivity index (χ2v) is 13.7. The molecule has 0 spiro atoms. The summed E-state index contributed by atoms with van der Waals surface area (Å²) in [7, 11) is 0. The van der Waals surface area contributed by atoms with E-state index in [1.165, 1.54) is 38.6 Å². The van der Waals surface area contributed by atoms with Gasteiger partial charge in [0.05, 0.1) is 0 Å². The maximum Gasteiger partial charge on any atom is 0.143 e. The van der Waals surface area contributed by atoms with Crippen LogP contribution in [0.5, 0.6) is 0 Å². The molecule has 2 nitrogen and oxygen atoms in total. The molecule has 2 heteroatoms. The molecule has 1 heterocycles. The van der Waals surface area contributed by atoms with Crippen LogP contribution in [-0.2, 0) is 0 Å². The maximum atomic E-state index is 6.94. The van der Waals surface area contributed by atoms with Gasteiger partial charge in [-0.15, -0.1) is 0 Å². The SMILES string of the molecule is c1ccc(-c2ccc(N(c3ccc(-c4ccccc4)cc3)c3cccc(-c4cccc5c4oc4c(-c6cccc7ccccc67)cccc45)c3)cc2)cc1. The Balaban J connectivity index is 1.10. The minimum absolute atomic E-state index is 0.892. The van der Waals surface area contributed by atoms with Crippen LogP contribution in [0.25, 0.3) is 77.2 Å². The van der Waals surface area contributed by atoms with Crippen molar-refractivity contribution in [2.45, 2.75) is 0 Å². The molecule has 0 atom stereocenters. The molecule has 0 amide bonds. The third-order valence-corrected chi connectivity index (χ3v) is 10.5. The topological polar surface area (TPSA) is 16.4 Å². The molecule has 0 radical (unpaired) electrons. The third-order valence-electron chi connectivity index (χ3n) is 10.5. The highest BCUT2D eigenvalue weighted by Gasteiger charge is 2.19. The Morgan fingerprint density at radius 3 is 1.37 bits per heavy atom. The first-order valence-electron chi connectivity index (χ1n) is 18.4. The standard InChI is InChI=1S/C52H35NO/c1-3-13-36(14-4-1)38-27-31-42(32-28-38)53(43-33-29-39(30-34-43)37-15-5-2-6-16-37)44-20-9-19-41(35-44)46-22-11-25-49-50-26-12-24-48(52(50)54-51(46)49)47-23-10-18-40-17-7-8-21-45(40)47/h1-35H. The lowest BCUT2D eigenvalue weighted by atomic mass is 9.96. The van der Waals surface area contributed by atoms with E-state index in [1.54, 1.807) is 0 Å². The number of anilines is 3. The molecule has 54 heavy (non-hydrogen) atoms. The van der Waals surface area contributed by atoms with E-state index in [0.717, 1.165) is 55.7 Å². The molecule has 10 rings (SSSR count). The summed E-state index contributed by atoms with van der Waals surface area (Å²) >= 11 is 0. The van der Waals surface area contributed by atoms with Gasteiger partial charge in [0.25, 0.3) is 0 Å². The van der Waals surface area contributed by atoms with Crippen molar-refractivity contribution in [2.24, 2.45) is 0 Å². The van der Waals surface area contributed by atoms with Crippen molar-refractivity contribution in [3.8, 4) is 44.5 Å². The highest BCUT2D eigenvalue weighted by molar-refractivity contribution is 6.14. The fraction of sp³-hybridized carbons (Fsp3) is 0. The van der Waals surface area contributed by atoms with Gasteiger partial charge in [0.15, 0.2) is 0 Å². The molecule has 0 aliphatic carbocycles. The van der Waals surface area contributed by atoms with Crippen LogP contribution in [0.3, 0.4) is 0 Å². The fourth-order valence-corrected chi connectivity index (χ4v) is 7.85. The van der Waals surface area contributed by atoms with Crippen molar-refractivity contribution in [3.05, 3.63) is 212 Å². The van der Waals surface area contributed by atoms with Crippen molar-refractivity contribution in [2.75, 3.05) is 4.90 Å². The number of para-hydroxylation sites is 2. The zero-order valence-corrected chi connectivity index (χ0v) is 29.6. The molecular weight excluding hydrogens is 655 g/mol. The van der Waals surface area contributed by atoms with Gasteiger partial charge in [-0.1, -0.05) is 176 Å². The van der Waals surface area contributed by atoms with Crippen molar-refractivity contribution in [1.29, 1.82) is 0 Å². The van der Waals surface area contributed by atoms with Gasteiger partial charge in [-0.3, -0.25) is 0 Å². The Bertz CT molecular complexity index is 2820. The quantitative estimate of drug-likeness (QED) is 0.166. The average molecular weight is 690 g/mol. The van der Waals surface area contributed by atoms with Crippen molar-refractivity contribution in [1.82, 2.24) is 0 Å². The minimum atomic E-state index is 0.892. The number of fused-ring (bicyclic) bond motifs is 4. The Morgan fingerprint density at radius 1 is 0.278 bits per heavy atom. The van der Waals surface area contributed by atoms with E-state index in [0.29, 0.717) is 0 Å². The summed E-state index contributed by atoms with van der Waals surface area (Å²) in [5.41, 5.74) is 14.2. The first kappa shape index (κ1) is 31.6. The van der Waals surface area contributed by atoms with Crippen LogP contribution < -0.4 is 4.90 Å². The van der Waals surface area contributed by atoms with E-state index in [2.05, 4.69) is 217 Å². The van der Waals surface area contributed by atoms with Crippen LogP contribution in [0.1, 0.15) is 0 Å². The second-order valence-electron chi connectivity index (χ2n) is 13.7. The zero-order valence-electron chi connectivity index (χ0n) is 29.6. The highest BCUT2D eigenvalue weighted by atomic mass is 16.3. The lowest BCUT2D eigenvalue weighted by Crippen LogP contribution is -2.10. The predicted octanol–water partition coefficient (Wildman–Crippen LogP) is 14.9. The van der Waals surface area contributed by atoms with Crippen molar-refractivity contribution < 1.29 is 4.42 Å². The molecule has 254 valence electrons. The molecule has 0 saturated heterocycles. The van der Waals surface area contributed by atoms with Gasteiger partial charge in [0.2, 0.25) is 0 Å². The molecule has 0 fully saturated rings. The van der Waals surface area contributed by atoms with Gasteiger partial charge in [-0.05, 0) is 80.6 Å². The molecule has 9 aromatic carbocycles. The summed E-state index contributed by atoms with van der Waals surface area (Å²) in [6.45, 7) is 0. The second kappa shape index (κ2) is 13.4. The van der Waals surface area contributed by atoms with Crippen LogP contribution in [0, 0.1) is 0 Å². The Hall–Kier alpha value is -7.16. The zero-order chi connectivity index (χ0) is 35.8. The van der Waals surface area contributed by atoms with Gasteiger partial charge >= 0.3 is 0 Å². The van der Waals surface area contributed by atoms with E-state index in [4.69, 9.17) is 4.42 Å². The molecule has 0 unspecified atom stereocenters. The van der Waals surface area contributed by atoms with E-state index in [-0.39, 0.29) is 0 Å². The van der Waals surface area contributed by atoms with E-state index in [1.807, 2.05) is 0 Å². The van der Waals surface area contributed by atoms with Gasteiger partial charge < -0.3 is 9.32 Å². The van der Waals surface area contributed by atoms with E-state index >= 15 is 0 Å². The smallest absolute Gasteiger partial charge is 0.143 e. The molecule has 1 aromatic heterocycles. The van der Waals surface area contributed by atoms with Gasteiger partial charge in [-0.2, -0.15) is 0 Å². The summed E-state index contributed by atoms with van der Waals surface area (Å²) in [5, 5.41) is 4.66. The molecule has 0 saturated carbocycles. The van der Waals surface area contributed by atoms with Crippen LogP contribution in [-0.4, -0.2) is 0 Å². The number of rotatable bonds is 7. The molecule has 10 aromatic rings. The van der Waals surface area contributed by atoms with E-state index in [9.17, 15) is 0 Å². The molecule has 0 aliphatic rings. The maximum absolute atomic E-state index is 6.94. The Kier molecular flexibility index (Phi) is 7.85. The number of hydrogen-bond acceptors (Lipinski definition) is 2. The molecule has 0 aliphatic heterocycles. The normalized spacial score (nSPS) is 11.3. The lowest BCUT2D eigenvalue weighted by molar-refractivity contribution is 0.671. The summed E-state index contributed by atoms with van der Waals surface area (Å²) in [6.07, 6.45) is 0. The lowest BCUT2D eigenvalue weighted by Gasteiger charge is -2.26. The Morgan fingerprint density at radius 2 is 0.722 bits per heavy atom. The first-order valence-corrected chi connectivity index (χ1v) is 18.4. The molecule has 0 N–H and O–H groups in total. The number of benzene rings is 9. The number of furan rings is 1. The summed E-state index contributed by atoms with van der Waals surface area (Å²) < 4.78 is 6.94. The largest absolute Gasteiger partial charge is 0.455 e.